The normalized spacial score (nSPS) is 10.2. The van der Waals surface area contributed by atoms with Crippen molar-refractivity contribution in [2.75, 3.05) is 7.11 Å². The Hall–Kier alpha value is -2.16. The van der Waals surface area contributed by atoms with Crippen molar-refractivity contribution in [2.24, 2.45) is 0 Å². The first-order chi connectivity index (χ1) is 8.60. The number of methoxy groups -OCH3 is 1. The number of ether oxygens (including phenoxy) is 2. The maximum atomic E-state index is 9.86. The average Bonchev–Trinajstić information content (AvgIpc) is 2.33. The largest absolute Gasteiger partial charge is 0.504 e. The summed E-state index contributed by atoms with van der Waals surface area (Å²) in [7, 11) is 1.59. The van der Waals surface area contributed by atoms with E-state index in [0.717, 1.165) is 11.1 Å². The van der Waals surface area contributed by atoms with Crippen LogP contribution in [0.5, 0.6) is 23.0 Å². The van der Waals surface area contributed by atoms with Crippen LogP contribution in [0.2, 0.25) is 0 Å². The third-order valence-corrected chi connectivity index (χ3v) is 2.69. The van der Waals surface area contributed by atoms with Gasteiger partial charge in [0, 0.05) is 6.07 Å². The first-order valence-electron chi connectivity index (χ1n) is 5.72. The molecule has 0 saturated carbocycles. The molecule has 0 amide bonds. The fraction of sp³-hybridized carbons (Fsp3) is 0.200. The van der Waals surface area contributed by atoms with E-state index in [9.17, 15) is 5.11 Å². The van der Waals surface area contributed by atoms with Crippen LogP contribution in [-0.2, 0) is 0 Å². The summed E-state index contributed by atoms with van der Waals surface area (Å²) in [6.07, 6.45) is 0. The van der Waals surface area contributed by atoms with Crippen molar-refractivity contribution in [3.05, 3.63) is 47.5 Å². The van der Waals surface area contributed by atoms with Gasteiger partial charge in [0.1, 0.15) is 11.5 Å². The molecule has 0 aliphatic rings. The Morgan fingerprint density at radius 2 is 1.78 bits per heavy atom. The van der Waals surface area contributed by atoms with Crippen molar-refractivity contribution >= 4 is 0 Å². The van der Waals surface area contributed by atoms with E-state index in [1.165, 1.54) is 0 Å². The number of hydrogen-bond acceptors (Lipinski definition) is 3. The molecule has 0 heterocycles. The van der Waals surface area contributed by atoms with Crippen LogP contribution in [0.1, 0.15) is 11.1 Å². The molecule has 2 rings (SSSR count). The van der Waals surface area contributed by atoms with Gasteiger partial charge in [-0.1, -0.05) is 12.1 Å². The Bertz CT molecular complexity index is 562. The molecule has 0 fully saturated rings. The maximum Gasteiger partial charge on any atom is 0.172 e. The van der Waals surface area contributed by atoms with Crippen LogP contribution in [0.4, 0.5) is 0 Å². The minimum absolute atomic E-state index is 0.106. The Kier molecular flexibility index (Phi) is 3.42. The second-order valence-electron chi connectivity index (χ2n) is 4.21. The van der Waals surface area contributed by atoms with E-state index in [4.69, 9.17) is 9.47 Å². The topological polar surface area (TPSA) is 38.7 Å². The molecule has 0 unspecified atom stereocenters. The molecule has 0 bridgehead atoms. The third-order valence-electron chi connectivity index (χ3n) is 2.69. The van der Waals surface area contributed by atoms with Gasteiger partial charge in [-0.2, -0.15) is 0 Å². The molecule has 2 aromatic rings. The van der Waals surface area contributed by atoms with Crippen molar-refractivity contribution in [1.82, 2.24) is 0 Å². The van der Waals surface area contributed by atoms with Crippen molar-refractivity contribution in [1.29, 1.82) is 0 Å². The molecular formula is C15H16O3. The van der Waals surface area contributed by atoms with Crippen molar-refractivity contribution in [3.63, 3.8) is 0 Å². The number of aromatic hydroxyl groups is 1. The van der Waals surface area contributed by atoms with Crippen LogP contribution in [0.15, 0.2) is 36.4 Å². The van der Waals surface area contributed by atoms with Crippen LogP contribution in [0.25, 0.3) is 0 Å². The zero-order chi connectivity index (χ0) is 13.1. The highest BCUT2D eigenvalue weighted by molar-refractivity contribution is 5.51. The van der Waals surface area contributed by atoms with Crippen molar-refractivity contribution in [2.45, 2.75) is 13.8 Å². The molecule has 1 N–H and O–H groups in total. The summed E-state index contributed by atoms with van der Waals surface area (Å²) in [6.45, 7) is 3.86. The molecule has 0 saturated heterocycles. The van der Waals surface area contributed by atoms with Gasteiger partial charge in [0.15, 0.2) is 11.5 Å². The molecule has 18 heavy (non-hydrogen) atoms. The van der Waals surface area contributed by atoms with Gasteiger partial charge in [-0.3, -0.25) is 0 Å². The highest BCUT2D eigenvalue weighted by Gasteiger charge is 2.09. The lowest BCUT2D eigenvalue weighted by Gasteiger charge is -2.11. The first kappa shape index (κ1) is 12.3. The van der Waals surface area contributed by atoms with Gasteiger partial charge in [0.05, 0.1) is 7.11 Å². The lowest BCUT2D eigenvalue weighted by molar-refractivity contribution is 0.389. The van der Waals surface area contributed by atoms with Gasteiger partial charge in [0.2, 0.25) is 0 Å². The van der Waals surface area contributed by atoms with Crippen LogP contribution < -0.4 is 9.47 Å². The molecule has 0 aliphatic heterocycles. The number of hydrogen-bond donors (Lipinski definition) is 1. The smallest absolute Gasteiger partial charge is 0.172 e. The van der Waals surface area contributed by atoms with E-state index in [1.54, 1.807) is 19.2 Å². The lowest BCUT2D eigenvalue weighted by atomic mass is 10.2. The average molecular weight is 244 g/mol. The second kappa shape index (κ2) is 5.00. The summed E-state index contributed by atoms with van der Waals surface area (Å²) in [5.41, 5.74) is 1.97. The molecule has 0 atom stereocenters. The van der Waals surface area contributed by atoms with E-state index in [0.29, 0.717) is 17.2 Å². The molecule has 94 valence electrons. The summed E-state index contributed by atoms with van der Waals surface area (Å²) in [5.74, 6) is 1.88. The van der Waals surface area contributed by atoms with Gasteiger partial charge in [-0.05, 0) is 43.2 Å². The molecular weight excluding hydrogens is 228 g/mol. The van der Waals surface area contributed by atoms with Gasteiger partial charge in [0.25, 0.3) is 0 Å². The Morgan fingerprint density at radius 3 is 2.44 bits per heavy atom. The number of aryl methyl sites for hydroxylation is 2. The van der Waals surface area contributed by atoms with E-state index in [-0.39, 0.29) is 5.75 Å². The fourth-order valence-corrected chi connectivity index (χ4v) is 1.76. The van der Waals surface area contributed by atoms with E-state index in [2.05, 4.69) is 0 Å². The first-order valence-corrected chi connectivity index (χ1v) is 5.72. The highest BCUT2D eigenvalue weighted by atomic mass is 16.5. The van der Waals surface area contributed by atoms with Crippen LogP contribution in [0.3, 0.4) is 0 Å². The van der Waals surface area contributed by atoms with Crippen LogP contribution in [0, 0.1) is 13.8 Å². The Morgan fingerprint density at radius 1 is 1.00 bits per heavy atom. The van der Waals surface area contributed by atoms with Crippen molar-refractivity contribution in [3.8, 4) is 23.0 Å². The molecule has 3 heteroatoms. The van der Waals surface area contributed by atoms with Crippen molar-refractivity contribution < 1.29 is 14.6 Å². The number of benzene rings is 2. The predicted octanol–water partition coefficient (Wildman–Crippen LogP) is 3.81. The SMILES string of the molecule is COc1cc(Oc2cccc(C)c2)c(O)cc1C. The molecule has 0 aromatic heterocycles. The van der Waals surface area contributed by atoms with E-state index >= 15 is 0 Å². The van der Waals surface area contributed by atoms with Crippen LogP contribution >= 0.6 is 0 Å². The predicted molar refractivity (Wildman–Crippen MR) is 70.6 cm³/mol. The zero-order valence-corrected chi connectivity index (χ0v) is 10.7. The van der Waals surface area contributed by atoms with E-state index in [1.807, 2.05) is 38.1 Å². The summed E-state index contributed by atoms with van der Waals surface area (Å²) < 4.78 is 10.9. The number of phenolic OH excluding ortho intramolecular Hbond substituents is 1. The zero-order valence-electron chi connectivity index (χ0n) is 10.7. The number of rotatable bonds is 3. The van der Waals surface area contributed by atoms with Crippen LogP contribution in [-0.4, -0.2) is 12.2 Å². The third kappa shape index (κ3) is 2.56. The summed E-state index contributed by atoms with van der Waals surface area (Å²) in [5, 5.41) is 9.86. The quantitative estimate of drug-likeness (QED) is 0.892. The van der Waals surface area contributed by atoms with Gasteiger partial charge in [-0.25, -0.2) is 0 Å². The van der Waals surface area contributed by atoms with E-state index < -0.39 is 0 Å². The minimum atomic E-state index is 0.106. The highest BCUT2D eigenvalue weighted by Crippen LogP contribution is 2.36. The molecule has 0 aliphatic carbocycles. The summed E-state index contributed by atoms with van der Waals surface area (Å²) >= 11 is 0. The van der Waals surface area contributed by atoms with Gasteiger partial charge < -0.3 is 14.6 Å². The standard InChI is InChI=1S/C15H16O3/c1-10-5-4-6-12(7-10)18-15-9-14(17-3)11(2)8-13(15)16/h4-9,16H,1-3H3. The number of phenols is 1. The Labute approximate surface area is 107 Å². The second-order valence-corrected chi connectivity index (χ2v) is 4.21. The summed E-state index contributed by atoms with van der Waals surface area (Å²) in [4.78, 5) is 0. The molecule has 0 radical (unpaired) electrons. The monoisotopic (exact) mass is 244 g/mol. The molecule has 2 aromatic carbocycles. The molecule has 0 spiro atoms. The molecule has 3 nitrogen and oxygen atoms in total. The fourth-order valence-electron chi connectivity index (χ4n) is 1.76. The minimum Gasteiger partial charge on any atom is -0.504 e. The van der Waals surface area contributed by atoms with Gasteiger partial charge in [-0.15, -0.1) is 0 Å². The maximum absolute atomic E-state index is 9.86. The lowest BCUT2D eigenvalue weighted by Crippen LogP contribution is -1.90. The Balaban J connectivity index is 2.34. The van der Waals surface area contributed by atoms with Gasteiger partial charge >= 0.3 is 0 Å². The summed E-state index contributed by atoms with van der Waals surface area (Å²) in [6, 6.07) is 11.0.